The zero-order valence-electron chi connectivity index (χ0n) is 6.85. The lowest BCUT2D eigenvalue weighted by Crippen LogP contribution is -2.19. The van der Waals surface area contributed by atoms with Crippen molar-refractivity contribution in [2.75, 3.05) is 6.54 Å². The van der Waals surface area contributed by atoms with Crippen molar-refractivity contribution in [1.82, 2.24) is 0 Å². The monoisotopic (exact) mass is 185 g/mol. The van der Waals surface area contributed by atoms with Gasteiger partial charge in [-0.15, -0.1) is 0 Å². The fourth-order valence-electron chi connectivity index (χ4n) is 1.17. The quantitative estimate of drug-likeness (QED) is 0.729. The van der Waals surface area contributed by atoms with Gasteiger partial charge in [-0.2, -0.15) is 0 Å². The van der Waals surface area contributed by atoms with E-state index in [4.69, 9.17) is 22.1 Å². The number of nitrogens with two attached hydrogens (primary N) is 1. The highest BCUT2D eigenvalue weighted by Crippen LogP contribution is 2.30. The van der Waals surface area contributed by atoms with Crippen LogP contribution in [0.4, 0.5) is 0 Å². The Kier molecular flexibility index (Phi) is 2.95. The standard InChI is InChI=1S/C9H12ClNO/c1-3-7-4-8(5-11)12-9(7)6(2)10/h3,8H,1-2,4-5,11H2. The second-order valence-corrected chi connectivity index (χ2v) is 3.10. The van der Waals surface area contributed by atoms with Gasteiger partial charge in [0, 0.05) is 13.0 Å². The van der Waals surface area contributed by atoms with Crippen LogP contribution < -0.4 is 5.73 Å². The van der Waals surface area contributed by atoms with Gasteiger partial charge >= 0.3 is 0 Å². The number of halogens is 1. The molecule has 0 aliphatic carbocycles. The van der Waals surface area contributed by atoms with Crippen LogP contribution in [0, 0.1) is 0 Å². The largest absolute Gasteiger partial charge is 0.487 e. The van der Waals surface area contributed by atoms with Crippen LogP contribution >= 0.6 is 11.6 Å². The third kappa shape index (κ3) is 1.71. The maximum absolute atomic E-state index is 5.71. The van der Waals surface area contributed by atoms with Crippen molar-refractivity contribution in [3.63, 3.8) is 0 Å². The third-order valence-electron chi connectivity index (χ3n) is 1.78. The normalized spacial score (nSPS) is 22.3. The lowest BCUT2D eigenvalue weighted by Gasteiger charge is -2.08. The molecule has 1 rings (SSSR count). The zero-order chi connectivity index (χ0) is 9.14. The molecule has 1 heterocycles. The molecule has 0 saturated carbocycles. The van der Waals surface area contributed by atoms with Crippen LogP contribution in [0.2, 0.25) is 0 Å². The maximum atomic E-state index is 5.71. The second-order valence-electron chi connectivity index (χ2n) is 2.64. The minimum absolute atomic E-state index is 0.0310. The Balaban J connectivity index is 2.80. The molecule has 0 radical (unpaired) electrons. The first kappa shape index (κ1) is 9.36. The van der Waals surface area contributed by atoms with Crippen molar-refractivity contribution in [2.24, 2.45) is 5.73 Å². The van der Waals surface area contributed by atoms with Crippen molar-refractivity contribution in [1.29, 1.82) is 0 Å². The maximum Gasteiger partial charge on any atom is 0.141 e. The van der Waals surface area contributed by atoms with Crippen LogP contribution in [0.25, 0.3) is 0 Å². The molecule has 1 aliphatic rings. The van der Waals surface area contributed by atoms with Gasteiger partial charge in [0.05, 0.1) is 5.03 Å². The number of ether oxygens (including phenoxy) is 1. The van der Waals surface area contributed by atoms with Crippen LogP contribution in [0.15, 0.2) is 35.6 Å². The van der Waals surface area contributed by atoms with Crippen LogP contribution in [0.1, 0.15) is 6.42 Å². The smallest absolute Gasteiger partial charge is 0.141 e. The molecule has 1 aliphatic heterocycles. The molecule has 1 unspecified atom stereocenters. The summed E-state index contributed by atoms with van der Waals surface area (Å²) in [4.78, 5) is 0. The molecular weight excluding hydrogens is 174 g/mol. The molecule has 0 aromatic heterocycles. The van der Waals surface area contributed by atoms with E-state index in [0.717, 1.165) is 12.0 Å². The van der Waals surface area contributed by atoms with Crippen molar-refractivity contribution in [3.05, 3.63) is 35.6 Å². The minimum atomic E-state index is 0.0310. The summed E-state index contributed by atoms with van der Waals surface area (Å²) in [5, 5.41) is 0.417. The highest BCUT2D eigenvalue weighted by atomic mass is 35.5. The lowest BCUT2D eigenvalue weighted by atomic mass is 10.1. The van der Waals surface area contributed by atoms with E-state index in [0.29, 0.717) is 17.3 Å². The molecule has 0 spiro atoms. The summed E-state index contributed by atoms with van der Waals surface area (Å²) in [6.07, 6.45) is 2.54. The topological polar surface area (TPSA) is 35.2 Å². The lowest BCUT2D eigenvalue weighted by molar-refractivity contribution is 0.158. The summed E-state index contributed by atoms with van der Waals surface area (Å²) in [6, 6.07) is 0. The molecule has 0 fully saturated rings. The molecule has 0 bridgehead atoms. The van der Waals surface area contributed by atoms with E-state index in [-0.39, 0.29) is 6.10 Å². The van der Waals surface area contributed by atoms with E-state index < -0.39 is 0 Å². The summed E-state index contributed by atoms with van der Waals surface area (Å²) in [6.45, 7) is 7.75. The average Bonchev–Trinajstić information content (AvgIpc) is 2.47. The van der Waals surface area contributed by atoms with Gasteiger partial charge in [0.2, 0.25) is 0 Å². The van der Waals surface area contributed by atoms with E-state index in [1.807, 2.05) is 0 Å². The highest BCUT2D eigenvalue weighted by Gasteiger charge is 2.23. The van der Waals surface area contributed by atoms with E-state index in [2.05, 4.69) is 13.2 Å². The molecule has 3 heteroatoms. The number of hydrogen-bond donors (Lipinski definition) is 1. The Morgan fingerprint density at radius 2 is 2.50 bits per heavy atom. The first-order valence-corrected chi connectivity index (χ1v) is 4.14. The molecule has 0 amide bonds. The summed E-state index contributed by atoms with van der Waals surface area (Å²) < 4.78 is 5.43. The Morgan fingerprint density at radius 3 is 2.83 bits per heavy atom. The third-order valence-corrected chi connectivity index (χ3v) is 1.95. The Hall–Kier alpha value is -0.730. The van der Waals surface area contributed by atoms with E-state index >= 15 is 0 Å². The number of hydrogen-bond acceptors (Lipinski definition) is 2. The van der Waals surface area contributed by atoms with Crippen molar-refractivity contribution in [3.8, 4) is 0 Å². The van der Waals surface area contributed by atoms with Gasteiger partial charge in [-0.1, -0.05) is 30.8 Å². The summed E-state index contributed by atoms with van der Waals surface area (Å²) in [7, 11) is 0. The van der Waals surface area contributed by atoms with Gasteiger partial charge in [-0.25, -0.2) is 0 Å². The zero-order valence-corrected chi connectivity index (χ0v) is 7.60. The van der Waals surface area contributed by atoms with Gasteiger partial charge in [0.15, 0.2) is 0 Å². The van der Waals surface area contributed by atoms with Crippen molar-refractivity contribution in [2.45, 2.75) is 12.5 Å². The van der Waals surface area contributed by atoms with Crippen LogP contribution in [-0.4, -0.2) is 12.6 Å². The predicted molar refractivity (Wildman–Crippen MR) is 50.8 cm³/mol. The fraction of sp³-hybridized carbons (Fsp3) is 0.333. The molecule has 66 valence electrons. The molecule has 0 saturated heterocycles. The number of rotatable bonds is 3. The molecule has 1 atom stereocenters. The first-order chi connectivity index (χ1) is 5.69. The van der Waals surface area contributed by atoms with Crippen LogP contribution in [0.3, 0.4) is 0 Å². The van der Waals surface area contributed by atoms with Crippen molar-refractivity contribution < 1.29 is 4.74 Å². The van der Waals surface area contributed by atoms with Crippen LogP contribution in [0.5, 0.6) is 0 Å². The van der Waals surface area contributed by atoms with Gasteiger partial charge in [-0.05, 0) is 5.57 Å². The molecular formula is C9H12ClNO. The second kappa shape index (κ2) is 3.78. The fourth-order valence-corrected chi connectivity index (χ4v) is 1.33. The van der Waals surface area contributed by atoms with Crippen molar-refractivity contribution >= 4 is 11.6 Å². The van der Waals surface area contributed by atoms with E-state index in [1.54, 1.807) is 6.08 Å². The molecule has 12 heavy (non-hydrogen) atoms. The highest BCUT2D eigenvalue weighted by molar-refractivity contribution is 6.31. The predicted octanol–water partition coefficient (Wildman–Crippen LogP) is 1.93. The van der Waals surface area contributed by atoms with Gasteiger partial charge < -0.3 is 10.5 Å². The Morgan fingerprint density at radius 1 is 1.83 bits per heavy atom. The molecule has 2 N–H and O–H groups in total. The van der Waals surface area contributed by atoms with E-state index in [1.165, 1.54) is 0 Å². The van der Waals surface area contributed by atoms with Gasteiger partial charge in [0.25, 0.3) is 0 Å². The Labute approximate surface area is 77.3 Å². The molecule has 0 aromatic carbocycles. The molecule has 0 aromatic rings. The van der Waals surface area contributed by atoms with Crippen LogP contribution in [-0.2, 0) is 4.74 Å². The SMILES string of the molecule is C=CC1=C(C(=C)Cl)OC(CN)C1. The van der Waals surface area contributed by atoms with E-state index in [9.17, 15) is 0 Å². The summed E-state index contributed by atoms with van der Waals surface area (Å²) >= 11 is 5.71. The number of allylic oxidation sites excluding steroid dienone is 2. The Bertz CT molecular complexity index is 245. The first-order valence-electron chi connectivity index (χ1n) is 3.76. The molecule has 2 nitrogen and oxygen atoms in total. The minimum Gasteiger partial charge on any atom is -0.487 e. The average molecular weight is 186 g/mol. The van der Waals surface area contributed by atoms with Gasteiger partial charge in [0.1, 0.15) is 11.9 Å². The summed E-state index contributed by atoms with van der Waals surface area (Å²) in [5.74, 6) is 0.641. The van der Waals surface area contributed by atoms with Gasteiger partial charge in [-0.3, -0.25) is 0 Å². The summed E-state index contributed by atoms with van der Waals surface area (Å²) in [5.41, 5.74) is 6.45.